The Labute approximate surface area is 178 Å². The molecule has 4 rings (SSSR count). The number of unbranched alkanes of at least 4 members (excludes halogenated alkanes) is 2. The molecule has 4 aromatic rings. The number of hydrogen-bond acceptors (Lipinski definition) is 1. The minimum Gasteiger partial charge on any atom is -0.366 e. The molecule has 0 aliphatic rings. The van der Waals surface area contributed by atoms with Crippen LogP contribution in [0.5, 0.6) is 0 Å². The van der Waals surface area contributed by atoms with Gasteiger partial charge in [0.2, 0.25) is 5.91 Å². The van der Waals surface area contributed by atoms with E-state index in [2.05, 4.69) is 66.9 Å². The van der Waals surface area contributed by atoms with E-state index in [1.165, 1.54) is 36.0 Å². The summed E-state index contributed by atoms with van der Waals surface area (Å²) in [5.74, 6) is -0.396. The van der Waals surface area contributed by atoms with Gasteiger partial charge in [-0.3, -0.25) is 4.79 Å². The van der Waals surface area contributed by atoms with Gasteiger partial charge in [0.1, 0.15) is 0 Å². The number of nitrogens with zero attached hydrogens (tertiary/aromatic N) is 1. The number of hydrogen-bond donors (Lipinski definition) is 1. The molecular formula is C27H29N2O. The van der Waals surface area contributed by atoms with Gasteiger partial charge in [-0.15, -0.1) is 0 Å². The molecule has 2 N–H and O–H groups in total. The van der Waals surface area contributed by atoms with Crippen molar-refractivity contribution in [2.45, 2.75) is 52.5 Å². The Morgan fingerprint density at radius 2 is 1.73 bits per heavy atom. The molecule has 30 heavy (non-hydrogen) atoms. The third-order valence-electron chi connectivity index (χ3n) is 5.96. The lowest BCUT2D eigenvalue weighted by molar-refractivity contribution is 0.100. The van der Waals surface area contributed by atoms with Crippen molar-refractivity contribution in [3.8, 4) is 0 Å². The Bertz CT molecular complexity index is 1190. The van der Waals surface area contributed by atoms with Gasteiger partial charge in [-0.05, 0) is 60.2 Å². The van der Waals surface area contributed by atoms with E-state index in [0.717, 1.165) is 41.2 Å². The SMILES string of the molecule is CCCCCc1c[c]c2c3c(C(N)=O)cccc3n(Cc3ccc(CC)cc3)c2c1. The van der Waals surface area contributed by atoms with E-state index in [1.54, 1.807) is 0 Å². The van der Waals surface area contributed by atoms with Gasteiger partial charge < -0.3 is 10.3 Å². The van der Waals surface area contributed by atoms with Crippen molar-refractivity contribution in [1.82, 2.24) is 4.57 Å². The third kappa shape index (κ3) is 3.85. The summed E-state index contributed by atoms with van der Waals surface area (Å²) in [5.41, 5.74) is 12.3. The number of amides is 1. The third-order valence-corrected chi connectivity index (χ3v) is 5.96. The van der Waals surface area contributed by atoms with Gasteiger partial charge in [-0.2, -0.15) is 0 Å². The van der Waals surface area contributed by atoms with E-state index in [0.29, 0.717) is 5.56 Å². The first-order valence-electron chi connectivity index (χ1n) is 11.0. The molecule has 1 aromatic heterocycles. The quantitative estimate of drug-likeness (QED) is 0.362. The number of aryl methyl sites for hydroxylation is 2. The van der Waals surface area contributed by atoms with Crippen LogP contribution >= 0.6 is 0 Å². The summed E-state index contributed by atoms with van der Waals surface area (Å²) in [6, 6.07) is 22.4. The zero-order chi connectivity index (χ0) is 21.1. The number of primary amides is 1. The molecular weight excluding hydrogens is 368 g/mol. The topological polar surface area (TPSA) is 48.0 Å². The first kappa shape index (κ1) is 20.2. The smallest absolute Gasteiger partial charge is 0.249 e. The Morgan fingerprint density at radius 3 is 2.43 bits per heavy atom. The maximum atomic E-state index is 12.1. The van der Waals surface area contributed by atoms with Crippen molar-refractivity contribution >= 4 is 27.7 Å². The minimum atomic E-state index is -0.396. The van der Waals surface area contributed by atoms with Crippen LogP contribution < -0.4 is 5.73 Å². The number of rotatable bonds is 8. The zero-order valence-corrected chi connectivity index (χ0v) is 17.9. The van der Waals surface area contributed by atoms with Gasteiger partial charge in [0.15, 0.2) is 0 Å². The second kappa shape index (κ2) is 8.74. The van der Waals surface area contributed by atoms with E-state index < -0.39 is 5.91 Å². The molecule has 0 aliphatic carbocycles. The highest BCUT2D eigenvalue weighted by atomic mass is 16.1. The van der Waals surface area contributed by atoms with E-state index in [9.17, 15) is 4.79 Å². The number of aromatic nitrogens is 1. The number of carbonyl (C=O) groups excluding carboxylic acids is 1. The van der Waals surface area contributed by atoms with Gasteiger partial charge in [0.05, 0.1) is 11.0 Å². The van der Waals surface area contributed by atoms with Crippen LogP contribution in [0.2, 0.25) is 0 Å². The second-order valence-electron chi connectivity index (χ2n) is 8.05. The molecule has 0 bridgehead atoms. The lowest BCUT2D eigenvalue weighted by atomic mass is 10.0. The van der Waals surface area contributed by atoms with Gasteiger partial charge in [0.25, 0.3) is 0 Å². The minimum absolute atomic E-state index is 0.396. The molecule has 1 heterocycles. The standard InChI is InChI=1S/C27H29N2O/c1-3-5-6-8-20-15-16-22-25(17-20)29(18-21-13-11-19(4-2)12-14-21)24-10-7-9-23(26(22)24)27(28)30/h7,9-15,17H,3-6,8,18H2,1-2H3,(H2,28,30). The van der Waals surface area contributed by atoms with Gasteiger partial charge in [0, 0.05) is 22.9 Å². The molecule has 1 radical (unpaired) electrons. The molecule has 0 fully saturated rings. The molecule has 0 unspecified atom stereocenters. The van der Waals surface area contributed by atoms with E-state index >= 15 is 0 Å². The molecule has 153 valence electrons. The fourth-order valence-corrected chi connectivity index (χ4v) is 4.26. The summed E-state index contributed by atoms with van der Waals surface area (Å²) in [6.45, 7) is 5.14. The summed E-state index contributed by atoms with van der Waals surface area (Å²) < 4.78 is 2.30. The molecule has 3 aromatic carbocycles. The molecule has 0 saturated heterocycles. The van der Waals surface area contributed by atoms with Crippen LogP contribution in [0.25, 0.3) is 21.8 Å². The van der Waals surface area contributed by atoms with E-state index in [1.807, 2.05) is 12.1 Å². The molecule has 0 spiro atoms. The highest BCUT2D eigenvalue weighted by Gasteiger charge is 2.17. The van der Waals surface area contributed by atoms with Crippen molar-refractivity contribution in [2.75, 3.05) is 0 Å². The normalized spacial score (nSPS) is 11.4. The van der Waals surface area contributed by atoms with Crippen molar-refractivity contribution < 1.29 is 4.79 Å². The number of benzene rings is 3. The Morgan fingerprint density at radius 1 is 0.967 bits per heavy atom. The van der Waals surface area contributed by atoms with Crippen LogP contribution in [-0.4, -0.2) is 10.5 Å². The molecule has 1 amide bonds. The Hall–Kier alpha value is -3.07. The van der Waals surface area contributed by atoms with Crippen molar-refractivity contribution in [1.29, 1.82) is 0 Å². The fourth-order valence-electron chi connectivity index (χ4n) is 4.26. The maximum absolute atomic E-state index is 12.1. The largest absolute Gasteiger partial charge is 0.366 e. The summed E-state index contributed by atoms with van der Waals surface area (Å²) >= 11 is 0. The molecule has 0 saturated carbocycles. The predicted molar refractivity (Wildman–Crippen MR) is 125 cm³/mol. The predicted octanol–water partition coefficient (Wildman–Crippen LogP) is 6.04. The van der Waals surface area contributed by atoms with Crippen LogP contribution in [0, 0.1) is 6.07 Å². The van der Waals surface area contributed by atoms with Crippen molar-refractivity contribution in [3.63, 3.8) is 0 Å². The maximum Gasteiger partial charge on any atom is 0.249 e. The van der Waals surface area contributed by atoms with Gasteiger partial charge in [-0.1, -0.05) is 63.1 Å². The average Bonchev–Trinajstić information content (AvgIpc) is 3.07. The first-order chi connectivity index (χ1) is 14.6. The van der Waals surface area contributed by atoms with E-state index in [-0.39, 0.29) is 0 Å². The molecule has 3 nitrogen and oxygen atoms in total. The Balaban J connectivity index is 1.88. The number of carbonyl (C=O) groups is 1. The lowest BCUT2D eigenvalue weighted by Crippen LogP contribution is -2.11. The van der Waals surface area contributed by atoms with Crippen LogP contribution in [0.3, 0.4) is 0 Å². The van der Waals surface area contributed by atoms with Crippen LogP contribution in [-0.2, 0) is 19.4 Å². The summed E-state index contributed by atoms with van der Waals surface area (Å²) in [7, 11) is 0. The summed E-state index contributed by atoms with van der Waals surface area (Å²) in [5, 5.41) is 1.88. The molecule has 0 aliphatic heterocycles. The first-order valence-corrected chi connectivity index (χ1v) is 11.0. The lowest BCUT2D eigenvalue weighted by Gasteiger charge is -2.10. The monoisotopic (exact) mass is 397 g/mol. The van der Waals surface area contributed by atoms with E-state index in [4.69, 9.17) is 5.73 Å². The second-order valence-corrected chi connectivity index (χ2v) is 8.05. The van der Waals surface area contributed by atoms with Crippen LogP contribution in [0.4, 0.5) is 0 Å². The van der Waals surface area contributed by atoms with Gasteiger partial charge in [-0.25, -0.2) is 0 Å². The highest BCUT2D eigenvalue weighted by molar-refractivity contribution is 6.17. The van der Waals surface area contributed by atoms with Crippen LogP contribution in [0.15, 0.2) is 54.6 Å². The zero-order valence-electron chi connectivity index (χ0n) is 17.9. The molecule has 3 heteroatoms. The average molecular weight is 398 g/mol. The molecule has 0 atom stereocenters. The summed E-state index contributed by atoms with van der Waals surface area (Å²) in [6.07, 6.45) is 5.71. The fraction of sp³-hybridized carbons (Fsp3) is 0.296. The Kier molecular flexibility index (Phi) is 5.89. The van der Waals surface area contributed by atoms with Crippen LogP contribution in [0.1, 0.15) is 60.2 Å². The number of nitrogens with two attached hydrogens (primary N) is 1. The van der Waals surface area contributed by atoms with Crippen molar-refractivity contribution in [2.24, 2.45) is 5.73 Å². The number of fused-ring (bicyclic) bond motifs is 3. The van der Waals surface area contributed by atoms with Gasteiger partial charge >= 0.3 is 0 Å². The van der Waals surface area contributed by atoms with Crippen molar-refractivity contribution in [3.05, 3.63) is 82.9 Å². The summed E-state index contributed by atoms with van der Waals surface area (Å²) in [4.78, 5) is 12.1. The highest BCUT2D eigenvalue weighted by Crippen LogP contribution is 2.33.